The zero-order valence-electron chi connectivity index (χ0n) is 23.3. The Morgan fingerprint density at radius 2 is 1.27 bits per heavy atom. The van der Waals surface area contributed by atoms with Crippen LogP contribution >= 0.6 is 23.5 Å². The number of allylic oxidation sites excluding steroid dienone is 2. The number of benzene rings is 3. The van der Waals surface area contributed by atoms with Crippen LogP contribution in [0.2, 0.25) is 0 Å². The van der Waals surface area contributed by atoms with E-state index >= 15 is 26.3 Å². The van der Waals surface area contributed by atoms with Gasteiger partial charge in [-0.15, -0.1) is 23.5 Å². The highest BCUT2D eigenvalue weighted by Gasteiger charge is 2.85. The minimum atomic E-state index is -5.71. The average molecular weight is 648 g/mol. The molecule has 228 valence electrons. The molecule has 1 amide bonds. The van der Waals surface area contributed by atoms with Gasteiger partial charge in [0.25, 0.3) is 0 Å². The molecule has 2 heterocycles. The lowest BCUT2D eigenvalue weighted by molar-refractivity contribution is -0.257. The van der Waals surface area contributed by atoms with Crippen LogP contribution in [0, 0.1) is 0 Å². The van der Waals surface area contributed by atoms with Gasteiger partial charge in [0.05, 0.1) is 11.9 Å². The van der Waals surface area contributed by atoms with E-state index in [0.717, 1.165) is 23.5 Å². The molecule has 3 aromatic carbocycles. The van der Waals surface area contributed by atoms with Crippen LogP contribution in [0.4, 0.5) is 36.8 Å². The van der Waals surface area contributed by atoms with Crippen LogP contribution in [0.15, 0.2) is 93.7 Å². The number of halogens is 6. The largest absolute Gasteiger partial charge is 0.497 e. The first kappa shape index (κ1) is 29.2. The molecule has 0 spiro atoms. The lowest BCUT2D eigenvalue weighted by Gasteiger charge is -2.51. The predicted molar refractivity (Wildman–Crippen MR) is 157 cm³/mol. The van der Waals surface area contributed by atoms with Gasteiger partial charge in [-0.25, -0.2) is 4.79 Å². The van der Waals surface area contributed by atoms with Gasteiger partial charge in [-0.1, -0.05) is 36.4 Å². The quantitative estimate of drug-likeness (QED) is 0.286. The number of hydrogen-bond acceptors (Lipinski definition) is 5. The van der Waals surface area contributed by atoms with Crippen LogP contribution in [0.3, 0.4) is 0 Å². The molecular formula is C32H23F6NO3S2. The van der Waals surface area contributed by atoms with Gasteiger partial charge < -0.3 is 9.47 Å². The minimum absolute atomic E-state index is 0.126. The Morgan fingerprint density at radius 3 is 1.86 bits per heavy atom. The Labute approximate surface area is 256 Å². The second-order valence-corrected chi connectivity index (χ2v) is 13.8. The Bertz CT molecular complexity index is 1810. The summed E-state index contributed by atoms with van der Waals surface area (Å²) < 4.78 is 102. The molecule has 44 heavy (non-hydrogen) atoms. The summed E-state index contributed by atoms with van der Waals surface area (Å²) in [5, 5.41) is 2.59. The molecule has 3 aromatic rings. The molecule has 1 N–H and O–H groups in total. The fraction of sp³-hybridized carbons (Fsp3) is 0.281. The average Bonchev–Trinajstić information content (AvgIpc) is 3.53. The number of methoxy groups -OCH3 is 1. The van der Waals surface area contributed by atoms with E-state index < -0.39 is 50.6 Å². The van der Waals surface area contributed by atoms with Gasteiger partial charge in [-0.3, -0.25) is 5.32 Å². The van der Waals surface area contributed by atoms with Crippen molar-refractivity contribution in [1.82, 2.24) is 0 Å². The molecule has 0 aromatic heterocycles. The maximum atomic E-state index is 16.0. The van der Waals surface area contributed by atoms with Gasteiger partial charge in [0.1, 0.15) is 16.6 Å². The Hall–Kier alpha value is -3.51. The van der Waals surface area contributed by atoms with Crippen molar-refractivity contribution in [2.75, 3.05) is 12.4 Å². The molecule has 2 aliphatic heterocycles. The van der Waals surface area contributed by atoms with Gasteiger partial charge in [-0.05, 0) is 72.5 Å². The van der Waals surface area contributed by atoms with E-state index in [2.05, 4.69) is 5.32 Å². The van der Waals surface area contributed by atoms with Crippen molar-refractivity contribution in [3.63, 3.8) is 0 Å². The van der Waals surface area contributed by atoms with E-state index in [9.17, 15) is 4.79 Å². The van der Waals surface area contributed by atoms with Gasteiger partial charge in [0.2, 0.25) is 0 Å². The Morgan fingerprint density at radius 1 is 0.750 bits per heavy atom. The number of alkyl halides is 6. The number of hydrogen-bond donors (Lipinski definition) is 1. The zero-order chi connectivity index (χ0) is 31.4. The third-order valence-corrected chi connectivity index (χ3v) is 12.3. The highest BCUT2D eigenvalue weighted by Crippen LogP contribution is 2.78. The maximum Gasteiger partial charge on any atom is 0.411 e. The van der Waals surface area contributed by atoms with Crippen molar-refractivity contribution < 1.29 is 40.6 Å². The molecule has 2 aliphatic carbocycles. The van der Waals surface area contributed by atoms with Crippen molar-refractivity contribution in [3.05, 3.63) is 95.1 Å². The first-order valence-corrected chi connectivity index (χ1v) is 15.2. The molecule has 1 saturated carbocycles. The molecule has 7 rings (SSSR count). The summed E-state index contributed by atoms with van der Waals surface area (Å²) in [6.07, 6.45) is -2.21. The number of fused-ring (bicyclic) bond motifs is 8. The van der Waals surface area contributed by atoms with Crippen molar-refractivity contribution in [2.24, 2.45) is 0 Å². The number of nitrogens with one attached hydrogen (secondary N) is 1. The van der Waals surface area contributed by atoms with Gasteiger partial charge >= 0.3 is 23.9 Å². The lowest BCUT2D eigenvalue weighted by atomic mass is 9.65. The van der Waals surface area contributed by atoms with Crippen LogP contribution in [0.25, 0.3) is 11.1 Å². The van der Waals surface area contributed by atoms with Crippen molar-refractivity contribution >= 4 is 46.5 Å². The van der Waals surface area contributed by atoms with E-state index in [-0.39, 0.29) is 22.3 Å². The number of thioether (sulfide) groups is 2. The molecular weight excluding hydrogens is 624 g/mol. The van der Waals surface area contributed by atoms with Crippen LogP contribution in [-0.2, 0) is 4.74 Å². The van der Waals surface area contributed by atoms with Crippen LogP contribution in [-0.4, -0.2) is 46.6 Å². The number of ether oxygens (including phenoxy) is 2. The van der Waals surface area contributed by atoms with Crippen LogP contribution in [0.5, 0.6) is 5.75 Å². The lowest BCUT2D eigenvalue weighted by Crippen LogP contribution is -2.57. The van der Waals surface area contributed by atoms with Crippen LogP contribution in [0.1, 0.15) is 25.0 Å². The number of carbonyl (C=O) groups is 1. The molecule has 0 saturated heterocycles. The van der Waals surface area contributed by atoms with Gasteiger partial charge in [0, 0.05) is 26.6 Å². The monoisotopic (exact) mass is 647 g/mol. The summed E-state index contributed by atoms with van der Waals surface area (Å²) >= 11 is 2.19. The highest BCUT2D eigenvalue weighted by molar-refractivity contribution is 8.06. The molecule has 1 fully saturated rings. The van der Waals surface area contributed by atoms with Gasteiger partial charge in [-0.2, -0.15) is 26.3 Å². The summed E-state index contributed by atoms with van der Waals surface area (Å²) in [6, 6.07) is 18.9. The van der Waals surface area contributed by atoms with E-state index in [0.29, 0.717) is 21.2 Å². The molecule has 0 unspecified atom stereocenters. The van der Waals surface area contributed by atoms with Crippen molar-refractivity contribution in [1.29, 1.82) is 0 Å². The van der Waals surface area contributed by atoms with Crippen molar-refractivity contribution in [2.45, 2.75) is 57.0 Å². The van der Waals surface area contributed by atoms with E-state index in [1.165, 1.54) is 32.2 Å². The Balaban J connectivity index is 1.47. The fourth-order valence-corrected chi connectivity index (χ4v) is 10.3. The van der Waals surface area contributed by atoms with E-state index in [1.807, 2.05) is 0 Å². The first-order chi connectivity index (χ1) is 20.7. The van der Waals surface area contributed by atoms with Gasteiger partial charge in [0.15, 0.2) is 0 Å². The molecule has 4 aliphatic rings. The molecule has 12 heteroatoms. The molecule has 0 radical (unpaired) electrons. The molecule has 0 bridgehead atoms. The normalized spacial score (nSPS) is 27.1. The summed E-state index contributed by atoms with van der Waals surface area (Å²) in [6.45, 7) is 3.06. The SMILES string of the molecule is COc1ccc(NC(=O)O[C@@H](C)[C@@]23Sc4ccccc4C2=C2C(=C4c5ccccc5S[C@]43C)C(F)(F)C(F)(F)C2(F)F)cc1. The number of amides is 1. The maximum absolute atomic E-state index is 16.0. The minimum Gasteiger partial charge on any atom is -0.497 e. The Kier molecular flexibility index (Phi) is 6.15. The van der Waals surface area contributed by atoms with E-state index in [1.54, 1.807) is 61.5 Å². The van der Waals surface area contributed by atoms with Crippen molar-refractivity contribution in [3.8, 4) is 5.75 Å². The smallest absolute Gasteiger partial charge is 0.411 e. The molecule has 4 nitrogen and oxygen atoms in total. The number of rotatable bonds is 4. The predicted octanol–water partition coefficient (Wildman–Crippen LogP) is 9.18. The number of carbonyl (C=O) groups excluding carboxylic acids is 1. The topological polar surface area (TPSA) is 47.6 Å². The van der Waals surface area contributed by atoms with E-state index in [4.69, 9.17) is 9.47 Å². The first-order valence-electron chi connectivity index (χ1n) is 13.5. The zero-order valence-corrected chi connectivity index (χ0v) is 24.9. The number of anilines is 1. The standard InChI is InChI=1S/C32H23F6NO3S2/c1-16(42-27(40)39-17-12-14-18(41-3)15-13-17)29-24(20-9-5-7-11-22(20)44-29)26-25(30(33,34)32(37,38)31(26,35)36)23-19-8-4-6-10-21(19)43-28(23,29)2/h4-16H,1-3H3,(H,39,40)/t16-,28+,29+/m0/s1. The van der Waals surface area contributed by atoms with Crippen LogP contribution < -0.4 is 10.1 Å². The highest BCUT2D eigenvalue weighted by atomic mass is 32.2. The molecule has 3 atom stereocenters. The summed E-state index contributed by atoms with van der Waals surface area (Å²) in [7, 11) is 1.48. The summed E-state index contributed by atoms with van der Waals surface area (Å²) in [5.74, 6) is -15.6. The third-order valence-electron chi connectivity index (χ3n) is 8.81. The summed E-state index contributed by atoms with van der Waals surface area (Å²) in [5.41, 5.74) is -2.78. The second kappa shape index (κ2) is 9.26. The fourth-order valence-electron chi connectivity index (χ4n) is 6.90. The summed E-state index contributed by atoms with van der Waals surface area (Å²) in [4.78, 5) is 14.2. The second-order valence-electron chi connectivity index (χ2n) is 11.1. The third kappa shape index (κ3) is 3.44.